The highest BCUT2D eigenvalue weighted by Crippen LogP contribution is 2.37. The van der Waals surface area contributed by atoms with Crippen molar-refractivity contribution in [2.24, 2.45) is 0 Å². The molecule has 0 spiro atoms. The van der Waals surface area contributed by atoms with E-state index in [-0.39, 0.29) is 12.2 Å². The maximum Gasteiger partial charge on any atom is 0.343 e. The minimum absolute atomic E-state index is 0.165. The number of para-hydroxylation sites is 2. The number of hydrogen-bond acceptors (Lipinski definition) is 5. The van der Waals surface area contributed by atoms with Gasteiger partial charge in [0.15, 0.2) is 11.5 Å². The molecule has 43 heavy (non-hydrogen) atoms. The third-order valence-corrected chi connectivity index (χ3v) is 8.30. The highest BCUT2D eigenvalue weighted by Gasteiger charge is 2.44. The van der Waals surface area contributed by atoms with Gasteiger partial charge in [-0.15, -0.1) is 0 Å². The van der Waals surface area contributed by atoms with Crippen molar-refractivity contribution in [2.75, 3.05) is 16.9 Å². The summed E-state index contributed by atoms with van der Waals surface area (Å²) in [5.41, 5.74) is 3.29. The van der Waals surface area contributed by atoms with Crippen LogP contribution in [0.5, 0.6) is 11.5 Å². The van der Waals surface area contributed by atoms with Crippen molar-refractivity contribution >= 4 is 81.1 Å². The van der Waals surface area contributed by atoms with Crippen molar-refractivity contribution in [1.82, 2.24) is 0 Å². The van der Waals surface area contributed by atoms with Gasteiger partial charge in [0, 0.05) is 15.6 Å². The average molecular weight is 727 g/mol. The van der Waals surface area contributed by atoms with E-state index in [1.807, 2.05) is 12.1 Å². The second-order valence-electron chi connectivity index (χ2n) is 9.75. The second-order valence-corrected chi connectivity index (χ2v) is 11.8. The molecule has 10 heteroatoms. The van der Waals surface area contributed by atoms with Gasteiger partial charge in [0.2, 0.25) is 0 Å². The van der Waals surface area contributed by atoms with Crippen LogP contribution in [-0.4, -0.2) is 25.0 Å². The minimum atomic E-state index is -0.743. The number of carbonyl (C=O) groups excluding carboxylic acids is 3. The van der Waals surface area contributed by atoms with Crippen molar-refractivity contribution in [1.29, 1.82) is 0 Å². The van der Waals surface area contributed by atoms with Crippen LogP contribution in [0.15, 0.2) is 84.4 Å². The van der Waals surface area contributed by atoms with E-state index in [0.29, 0.717) is 53.2 Å². The molecule has 0 N–H and O–H groups in total. The van der Waals surface area contributed by atoms with Crippen LogP contribution in [0.4, 0.5) is 16.2 Å². The highest BCUT2D eigenvalue weighted by molar-refractivity contribution is 14.1. The highest BCUT2D eigenvalue weighted by atomic mass is 127. The molecule has 0 saturated carbocycles. The molecule has 0 unspecified atom stereocenters. The molecule has 7 nitrogen and oxygen atoms in total. The fourth-order valence-corrected chi connectivity index (χ4v) is 5.95. The topological polar surface area (TPSA) is 76.2 Å². The van der Waals surface area contributed by atoms with Gasteiger partial charge in [-0.05, 0) is 95.6 Å². The molecular weight excluding hydrogens is 702 g/mol. The first-order valence-corrected chi connectivity index (χ1v) is 14.9. The van der Waals surface area contributed by atoms with Gasteiger partial charge in [-0.1, -0.05) is 65.7 Å². The summed E-state index contributed by atoms with van der Waals surface area (Å²) in [4.78, 5) is 43.7. The van der Waals surface area contributed by atoms with Crippen LogP contribution >= 0.6 is 45.8 Å². The Hall–Kier alpha value is -3.86. The maximum atomic E-state index is 13.9. The lowest BCUT2D eigenvalue weighted by Gasteiger charge is -2.35. The number of aryl methyl sites for hydroxylation is 2. The molecule has 4 aromatic carbocycles. The summed E-state index contributed by atoms with van der Waals surface area (Å²) in [7, 11) is 1.50. The van der Waals surface area contributed by atoms with Gasteiger partial charge < -0.3 is 9.47 Å². The summed E-state index contributed by atoms with van der Waals surface area (Å²) in [5, 5.41) is 0.997. The lowest BCUT2D eigenvalue weighted by molar-refractivity contribution is -0.121. The number of imide groups is 2. The number of ether oxygens (including phenoxy) is 2. The summed E-state index contributed by atoms with van der Waals surface area (Å²) >= 11 is 14.4. The molecule has 0 atom stereocenters. The first-order valence-electron chi connectivity index (χ1n) is 13.1. The first kappa shape index (κ1) is 30.6. The number of hydrogen-bond donors (Lipinski definition) is 0. The number of nitrogens with zero attached hydrogens (tertiary/aromatic N) is 2. The van der Waals surface area contributed by atoms with Crippen LogP contribution in [0, 0.1) is 17.4 Å². The number of anilines is 2. The average Bonchev–Trinajstić information content (AvgIpc) is 2.97. The molecule has 5 rings (SSSR count). The SMILES string of the molecule is COc1cc(C=C2C(=O)N(c3ccccc3C)C(=O)N(c3ccccc3C)C2=O)cc(I)c1OCc1ccc(Cl)cc1Cl. The normalized spacial score (nSPS) is 13.4. The summed E-state index contributed by atoms with van der Waals surface area (Å²) in [6.07, 6.45) is 1.47. The summed E-state index contributed by atoms with van der Waals surface area (Å²) in [6.45, 7) is 3.77. The van der Waals surface area contributed by atoms with Gasteiger partial charge in [-0.2, -0.15) is 0 Å². The predicted molar refractivity (Wildman–Crippen MR) is 177 cm³/mol. The Labute approximate surface area is 272 Å². The maximum absolute atomic E-state index is 13.9. The second kappa shape index (κ2) is 12.8. The third kappa shape index (κ3) is 6.13. The van der Waals surface area contributed by atoms with Gasteiger partial charge in [-0.3, -0.25) is 9.59 Å². The zero-order valence-corrected chi connectivity index (χ0v) is 27.0. The van der Waals surface area contributed by atoms with Crippen LogP contribution in [0.1, 0.15) is 22.3 Å². The lowest BCUT2D eigenvalue weighted by Crippen LogP contribution is -2.57. The Balaban J connectivity index is 1.57. The molecule has 0 aromatic heterocycles. The van der Waals surface area contributed by atoms with Gasteiger partial charge in [0.05, 0.1) is 22.1 Å². The molecule has 218 valence electrons. The molecule has 0 radical (unpaired) electrons. The van der Waals surface area contributed by atoms with Gasteiger partial charge in [0.25, 0.3) is 11.8 Å². The third-order valence-electron chi connectivity index (χ3n) is 6.91. The Bertz CT molecular complexity index is 1740. The van der Waals surface area contributed by atoms with Crippen LogP contribution < -0.4 is 19.3 Å². The monoisotopic (exact) mass is 726 g/mol. The molecule has 0 aliphatic carbocycles. The standard InChI is InChI=1S/C33H25Cl2IN2O5/c1-19-8-4-6-10-27(19)37-31(39)24(32(40)38(33(37)41)28-11-7-5-9-20(28)2)14-21-15-26(36)30(29(16-21)42-3)43-18-22-12-13-23(34)17-25(22)35/h4-17H,18H2,1-3H3. The molecule has 0 bridgehead atoms. The number of carbonyl (C=O) groups is 3. The van der Waals surface area contributed by atoms with Crippen LogP contribution in [0.3, 0.4) is 0 Å². The van der Waals surface area contributed by atoms with Gasteiger partial charge >= 0.3 is 6.03 Å². The van der Waals surface area contributed by atoms with E-state index in [9.17, 15) is 14.4 Å². The Morgan fingerprint density at radius 2 is 1.40 bits per heavy atom. The van der Waals surface area contributed by atoms with Crippen LogP contribution in [-0.2, 0) is 16.2 Å². The van der Waals surface area contributed by atoms with Crippen molar-refractivity contribution in [3.05, 3.63) is 120 Å². The number of halogens is 3. The largest absolute Gasteiger partial charge is 0.493 e. The first-order chi connectivity index (χ1) is 20.6. The fraction of sp³-hybridized carbons (Fsp3) is 0.121. The number of barbiturate groups is 1. The van der Waals surface area contributed by atoms with Crippen LogP contribution in [0.25, 0.3) is 6.08 Å². The van der Waals surface area contributed by atoms with E-state index in [0.717, 1.165) is 15.4 Å². The van der Waals surface area contributed by atoms with E-state index < -0.39 is 17.8 Å². The number of methoxy groups -OCH3 is 1. The number of rotatable bonds is 7. The molecular formula is C33H25Cl2IN2O5. The van der Waals surface area contributed by atoms with Crippen molar-refractivity contribution < 1.29 is 23.9 Å². The molecule has 1 fully saturated rings. The lowest BCUT2D eigenvalue weighted by atomic mass is 10.0. The Morgan fingerprint density at radius 1 is 0.814 bits per heavy atom. The predicted octanol–water partition coefficient (Wildman–Crippen LogP) is 8.39. The van der Waals surface area contributed by atoms with E-state index in [2.05, 4.69) is 22.6 Å². The van der Waals surface area contributed by atoms with E-state index in [1.54, 1.807) is 80.6 Å². The van der Waals surface area contributed by atoms with Gasteiger partial charge in [-0.25, -0.2) is 14.6 Å². The summed E-state index contributed by atoms with van der Waals surface area (Å²) < 4.78 is 12.4. The van der Waals surface area contributed by atoms with E-state index in [1.165, 1.54) is 13.2 Å². The summed E-state index contributed by atoms with van der Waals surface area (Å²) in [5.74, 6) is -0.584. The molecule has 1 aliphatic heterocycles. The Kier molecular flexibility index (Phi) is 9.10. The quantitative estimate of drug-likeness (QED) is 0.109. The number of benzene rings is 4. The molecule has 1 aliphatic rings. The van der Waals surface area contributed by atoms with Crippen molar-refractivity contribution in [2.45, 2.75) is 20.5 Å². The molecule has 1 heterocycles. The minimum Gasteiger partial charge on any atom is -0.493 e. The number of amides is 4. The van der Waals surface area contributed by atoms with Crippen molar-refractivity contribution in [3.63, 3.8) is 0 Å². The van der Waals surface area contributed by atoms with E-state index in [4.69, 9.17) is 32.7 Å². The van der Waals surface area contributed by atoms with Crippen LogP contribution in [0.2, 0.25) is 10.0 Å². The summed E-state index contributed by atoms with van der Waals surface area (Å²) in [6, 6.07) is 21.9. The van der Waals surface area contributed by atoms with E-state index >= 15 is 0 Å². The molecule has 4 aromatic rings. The zero-order chi connectivity index (χ0) is 30.8. The Morgan fingerprint density at radius 3 is 1.93 bits per heavy atom. The number of urea groups is 1. The fourth-order valence-electron chi connectivity index (χ4n) is 4.70. The zero-order valence-electron chi connectivity index (χ0n) is 23.4. The molecule has 1 saturated heterocycles. The smallest absolute Gasteiger partial charge is 0.343 e. The van der Waals surface area contributed by atoms with Crippen molar-refractivity contribution in [3.8, 4) is 11.5 Å². The molecule has 4 amide bonds. The van der Waals surface area contributed by atoms with Gasteiger partial charge in [0.1, 0.15) is 12.2 Å².